The van der Waals surface area contributed by atoms with Gasteiger partial charge in [0.15, 0.2) is 0 Å². The second kappa shape index (κ2) is 13.6. The molecule has 0 heterocycles. The minimum atomic E-state index is -1.02. The lowest BCUT2D eigenvalue weighted by molar-refractivity contribution is -0.149. The molecular formula is C28H43N3O4S. The van der Waals surface area contributed by atoms with Crippen LogP contribution in [0.15, 0.2) is 24.3 Å². The van der Waals surface area contributed by atoms with E-state index in [4.69, 9.17) is 11.2 Å². The lowest BCUT2D eigenvalue weighted by Gasteiger charge is -2.45. The fourth-order valence-corrected chi connectivity index (χ4v) is 4.09. The molecule has 200 valence electrons. The summed E-state index contributed by atoms with van der Waals surface area (Å²) < 4.78 is 5.36. The zero-order valence-corrected chi connectivity index (χ0v) is 23.9. The van der Waals surface area contributed by atoms with E-state index in [0.29, 0.717) is 17.5 Å². The van der Waals surface area contributed by atoms with Crippen LogP contribution in [0.4, 0.5) is 4.79 Å². The molecule has 0 spiro atoms. The highest BCUT2D eigenvalue weighted by molar-refractivity contribution is 7.80. The molecule has 3 unspecified atom stereocenters. The maximum Gasteiger partial charge on any atom is 0.408 e. The van der Waals surface area contributed by atoms with E-state index in [1.807, 2.05) is 34.6 Å². The third kappa shape index (κ3) is 8.77. The van der Waals surface area contributed by atoms with Crippen LogP contribution in [0.3, 0.4) is 0 Å². The summed E-state index contributed by atoms with van der Waals surface area (Å²) in [4.78, 5) is 42.0. The third-order valence-electron chi connectivity index (χ3n) is 5.95. The van der Waals surface area contributed by atoms with Crippen LogP contribution in [0, 0.1) is 12.3 Å². The molecule has 36 heavy (non-hydrogen) atoms. The van der Waals surface area contributed by atoms with Gasteiger partial charge >= 0.3 is 6.09 Å². The van der Waals surface area contributed by atoms with Crippen molar-refractivity contribution < 1.29 is 19.1 Å². The number of rotatable bonds is 11. The highest BCUT2D eigenvalue weighted by atomic mass is 32.1. The molecule has 0 aromatic heterocycles. The average Bonchev–Trinajstić information content (AvgIpc) is 2.79. The molecular weight excluding hydrogens is 474 g/mol. The zero-order valence-electron chi connectivity index (χ0n) is 23.0. The number of hydrogen-bond acceptors (Lipinski definition) is 5. The van der Waals surface area contributed by atoms with Crippen molar-refractivity contribution >= 4 is 30.5 Å². The van der Waals surface area contributed by atoms with Crippen LogP contribution >= 0.6 is 12.6 Å². The summed E-state index contributed by atoms with van der Waals surface area (Å²) in [5.74, 6) is 1.89. The minimum Gasteiger partial charge on any atom is -0.444 e. The van der Waals surface area contributed by atoms with E-state index >= 15 is 0 Å². The van der Waals surface area contributed by atoms with Crippen molar-refractivity contribution in [1.29, 1.82) is 0 Å². The van der Waals surface area contributed by atoms with Crippen molar-refractivity contribution in [2.45, 2.75) is 104 Å². The van der Waals surface area contributed by atoms with Crippen LogP contribution in [0.2, 0.25) is 0 Å². The van der Waals surface area contributed by atoms with Gasteiger partial charge in [0.1, 0.15) is 17.7 Å². The van der Waals surface area contributed by atoms with Gasteiger partial charge in [-0.05, 0) is 66.0 Å². The fourth-order valence-electron chi connectivity index (χ4n) is 3.84. The number of carbonyl (C=O) groups excluding carboxylic acids is 3. The first-order valence-electron chi connectivity index (χ1n) is 12.5. The number of benzene rings is 1. The number of ether oxygens (including phenoxy) is 1. The quantitative estimate of drug-likeness (QED) is 0.289. The normalized spacial score (nSPS) is 14.1. The van der Waals surface area contributed by atoms with Crippen LogP contribution in [0.1, 0.15) is 91.8 Å². The monoisotopic (exact) mass is 517 g/mol. The molecule has 0 aliphatic rings. The Balaban J connectivity index is 3.64. The third-order valence-corrected chi connectivity index (χ3v) is 6.32. The number of nitrogens with one attached hydrogen (secondary N) is 2. The van der Waals surface area contributed by atoms with Crippen LogP contribution in [-0.2, 0) is 14.3 Å². The van der Waals surface area contributed by atoms with Gasteiger partial charge in [0.05, 0.1) is 0 Å². The Morgan fingerprint density at radius 2 is 1.72 bits per heavy atom. The lowest BCUT2D eigenvalue weighted by atomic mass is 9.90. The standard InChI is InChI=1S/C28H43N3O4S/c1-10-15-19(4)29-24(32)23(21-17-14-13-16-20(21)11-2)31(28(8,9)12-3)25(33)22(18-36)30-26(34)35-27(5,6)7/h2,13-14,16-17,19,22-23,36H,10,12,15,18H2,1,3-9H3,(H,29,32)(H,30,34). The van der Waals surface area contributed by atoms with Gasteiger partial charge in [0.2, 0.25) is 11.8 Å². The molecule has 3 atom stereocenters. The van der Waals surface area contributed by atoms with Crippen molar-refractivity contribution in [2.24, 2.45) is 0 Å². The number of amides is 3. The Labute approximate surface area is 222 Å². The number of hydrogen-bond donors (Lipinski definition) is 3. The summed E-state index contributed by atoms with van der Waals surface area (Å²) in [7, 11) is 0. The largest absolute Gasteiger partial charge is 0.444 e. The van der Waals surface area contributed by atoms with E-state index in [2.05, 4.69) is 29.2 Å². The topological polar surface area (TPSA) is 87.7 Å². The van der Waals surface area contributed by atoms with Crippen LogP contribution < -0.4 is 10.6 Å². The molecule has 0 aliphatic heterocycles. The summed E-state index contributed by atoms with van der Waals surface area (Å²) >= 11 is 4.34. The van der Waals surface area contributed by atoms with E-state index in [1.165, 1.54) is 4.90 Å². The molecule has 0 bridgehead atoms. The van der Waals surface area contributed by atoms with Gasteiger partial charge in [-0.2, -0.15) is 12.6 Å². The second-order valence-corrected chi connectivity index (χ2v) is 11.0. The van der Waals surface area contributed by atoms with Crippen molar-refractivity contribution in [3.8, 4) is 12.3 Å². The molecule has 0 radical (unpaired) electrons. The Kier molecular flexibility index (Phi) is 11.8. The molecule has 7 nitrogen and oxygen atoms in total. The Hall–Kier alpha value is -2.66. The molecule has 2 N–H and O–H groups in total. The second-order valence-electron chi connectivity index (χ2n) is 10.6. The highest BCUT2D eigenvalue weighted by Gasteiger charge is 2.43. The first kappa shape index (κ1) is 31.4. The van der Waals surface area contributed by atoms with Gasteiger partial charge in [-0.25, -0.2) is 4.79 Å². The van der Waals surface area contributed by atoms with Crippen LogP contribution in [-0.4, -0.2) is 51.8 Å². The number of carbonyl (C=O) groups is 3. The zero-order chi connectivity index (χ0) is 27.7. The highest BCUT2D eigenvalue weighted by Crippen LogP contribution is 2.34. The summed E-state index contributed by atoms with van der Waals surface area (Å²) in [5, 5.41) is 5.69. The smallest absolute Gasteiger partial charge is 0.408 e. The van der Waals surface area contributed by atoms with E-state index in [9.17, 15) is 14.4 Å². The number of nitrogens with zero attached hydrogens (tertiary/aromatic N) is 1. The summed E-state index contributed by atoms with van der Waals surface area (Å²) in [5.41, 5.74) is -0.425. The fraction of sp³-hybridized carbons (Fsp3) is 0.607. The van der Waals surface area contributed by atoms with Gasteiger partial charge in [-0.15, -0.1) is 6.42 Å². The van der Waals surface area contributed by atoms with E-state index in [0.717, 1.165) is 12.8 Å². The van der Waals surface area contributed by atoms with Gasteiger partial charge in [0.25, 0.3) is 0 Å². The van der Waals surface area contributed by atoms with Crippen LogP contribution in [0.5, 0.6) is 0 Å². The molecule has 1 aromatic carbocycles. The van der Waals surface area contributed by atoms with Crippen molar-refractivity contribution in [2.75, 3.05) is 5.75 Å². The molecule has 0 fully saturated rings. The van der Waals surface area contributed by atoms with Gasteiger partial charge < -0.3 is 20.3 Å². The van der Waals surface area contributed by atoms with Gasteiger partial charge in [-0.1, -0.05) is 44.4 Å². The predicted octanol–water partition coefficient (Wildman–Crippen LogP) is 4.85. The Morgan fingerprint density at radius 3 is 2.22 bits per heavy atom. The van der Waals surface area contributed by atoms with E-state index < -0.39 is 35.2 Å². The Bertz CT molecular complexity index is 949. The molecule has 0 saturated heterocycles. The maximum atomic E-state index is 14.1. The molecule has 0 aliphatic carbocycles. The summed E-state index contributed by atoms with van der Waals surface area (Å²) in [6.07, 6.45) is 7.31. The average molecular weight is 518 g/mol. The maximum absolute atomic E-state index is 14.1. The lowest BCUT2D eigenvalue weighted by Crippen LogP contribution is -2.60. The first-order valence-corrected chi connectivity index (χ1v) is 13.1. The van der Waals surface area contributed by atoms with E-state index in [1.54, 1.807) is 45.0 Å². The summed E-state index contributed by atoms with van der Waals surface area (Å²) in [6.45, 7) is 14.9. The van der Waals surface area contributed by atoms with Crippen molar-refractivity contribution in [3.05, 3.63) is 35.4 Å². The van der Waals surface area contributed by atoms with Gasteiger partial charge in [0, 0.05) is 22.9 Å². The number of thiol groups is 1. The molecule has 8 heteroatoms. The van der Waals surface area contributed by atoms with Gasteiger partial charge in [-0.3, -0.25) is 9.59 Å². The SMILES string of the molecule is C#Cc1ccccc1C(C(=O)NC(C)CCC)N(C(=O)C(CS)NC(=O)OC(C)(C)C)C(C)(C)CC. The number of alkyl carbamates (subject to hydrolysis) is 1. The molecule has 0 saturated carbocycles. The Morgan fingerprint density at radius 1 is 1.11 bits per heavy atom. The van der Waals surface area contributed by atoms with E-state index in [-0.39, 0.29) is 17.7 Å². The summed E-state index contributed by atoms with van der Waals surface area (Å²) in [6, 6.07) is 4.99. The minimum absolute atomic E-state index is 0.0196. The van der Waals surface area contributed by atoms with Crippen molar-refractivity contribution in [1.82, 2.24) is 15.5 Å². The molecule has 3 amide bonds. The first-order chi connectivity index (χ1) is 16.7. The molecule has 1 rings (SSSR count). The molecule has 1 aromatic rings. The van der Waals surface area contributed by atoms with Crippen molar-refractivity contribution in [3.63, 3.8) is 0 Å². The van der Waals surface area contributed by atoms with Crippen LogP contribution in [0.25, 0.3) is 0 Å². The predicted molar refractivity (Wildman–Crippen MR) is 148 cm³/mol. The number of terminal acetylenes is 1.